The molecule has 4 heteroatoms. The SMILES string of the molecule is CCCC(CC)OCOC(=O)OCC. The summed E-state index contributed by atoms with van der Waals surface area (Å²) in [5.41, 5.74) is 0. The Labute approximate surface area is 85.5 Å². The molecule has 0 aliphatic heterocycles. The Bertz CT molecular complexity index is 147. The van der Waals surface area contributed by atoms with Crippen molar-refractivity contribution in [1.29, 1.82) is 0 Å². The minimum absolute atomic E-state index is 0.0165. The molecule has 0 heterocycles. The Kier molecular flexibility index (Phi) is 8.33. The van der Waals surface area contributed by atoms with Crippen molar-refractivity contribution in [2.75, 3.05) is 13.4 Å². The van der Waals surface area contributed by atoms with E-state index in [1.54, 1.807) is 6.92 Å². The van der Waals surface area contributed by atoms with Crippen molar-refractivity contribution in [3.63, 3.8) is 0 Å². The van der Waals surface area contributed by atoms with E-state index in [4.69, 9.17) is 4.74 Å². The highest BCUT2D eigenvalue weighted by Crippen LogP contribution is 2.06. The van der Waals surface area contributed by atoms with Gasteiger partial charge in [0.25, 0.3) is 0 Å². The molecule has 1 atom stereocenters. The molecule has 0 spiro atoms. The minimum atomic E-state index is -0.668. The Hall–Kier alpha value is -0.770. The second-order valence-corrected chi connectivity index (χ2v) is 2.93. The van der Waals surface area contributed by atoms with Crippen molar-refractivity contribution in [2.24, 2.45) is 0 Å². The van der Waals surface area contributed by atoms with Crippen molar-refractivity contribution < 1.29 is 19.0 Å². The lowest BCUT2D eigenvalue weighted by atomic mass is 10.2. The first-order valence-electron chi connectivity index (χ1n) is 5.15. The molecule has 1 unspecified atom stereocenters. The van der Waals surface area contributed by atoms with Gasteiger partial charge in [0.1, 0.15) is 0 Å². The maximum Gasteiger partial charge on any atom is 0.510 e. The van der Waals surface area contributed by atoms with Crippen LogP contribution in [0.4, 0.5) is 4.79 Å². The second-order valence-electron chi connectivity index (χ2n) is 2.93. The predicted molar refractivity (Wildman–Crippen MR) is 53.0 cm³/mol. The van der Waals surface area contributed by atoms with Crippen LogP contribution in [0.25, 0.3) is 0 Å². The highest BCUT2D eigenvalue weighted by Gasteiger charge is 2.07. The standard InChI is InChI=1S/C10H20O4/c1-4-7-9(5-2)13-8-14-10(11)12-6-3/h9H,4-8H2,1-3H3. The summed E-state index contributed by atoms with van der Waals surface area (Å²) in [6.07, 6.45) is 2.49. The van der Waals surface area contributed by atoms with E-state index in [1.807, 2.05) is 6.92 Å². The summed E-state index contributed by atoms with van der Waals surface area (Å²) in [7, 11) is 0. The number of hydrogen-bond acceptors (Lipinski definition) is 4. The quantitative estimate of drug-likeness (QED) is 0.472. The summed E-state index contributed by atoms with van der Waals surface area (Å²) in [6, 6.07) is 0. The van der Waals surface area contributed by atoms with Crippen molar-refractivity contribution in [2.45, 2.75) is 46.1 Å². The molecule has 4 nitrogen and oxygen atoms in total. The normalized spacial score (nSPS) is 12.2. The van der Waals surface area contributed by atoms with Crippen LogP contribution in [0.5, 0.6) is 0 Å². The van der Waals surface area contributed by atoms with E-state index in [9.17, 15) is 4.79 Å². The Morgan fingerprint density at radius 3 is 2.43 bits per heavy atom. The molecule has 0 aromatic carbocycles. The van der Waals surface area contributed by atoms with Gasteiger partial charge in [0.15, 0.2) is 6.79 Å². The van der Waals surface area contributed by atoms with E-state index < -0.39 is 6.16 Å². The van der Waals surface area contributed by atoms with E-state index in [-0.39, 0.29) is 12.9 Å². The van der Waals surface area contributed by atoms with E-state index in [0.717, 1.165) is 19.3 Å². The van der Waals surface area contributed by atoms with Crippen molar-refractivity contribution >= 4 is 6.16 Å². The van der Waals surface area contributed by atoms with Crippen molar-refractivity contribution in [3.8, 4) is 0 Å². The number of carbonyl (C=O) groups is 1. The lowest BCUT2D eigenvalue weighted by Gasteiger charge is -2.14. The molecule has 0 rings (SSSR count). The zero-order chi connectivity index (χ0) is 10.8. The fourth-order valence-electron chi connectivity index (χ4n) is 1.07. The molecule has 84 valence electrons. The fourth-order valence-corrected chi connectivity index (χ4v) is 1.07. The number of carbonyl (C=O) groups excluding carboxylic acids is 1. The highest BCUT2D eigenvalue weighted by molar-refractivity contribution is 5.59. The van der Waals surface area contributed by atoms with Gasteiger partial charge in [0, 0.05) is 0 Å². The van der Waals surface area contributed by atoms with Gasteiger partial charge in [-0.25, -0.2) is 4.79 Å². The average molecular weight is 204 g/mol. The predicted octanol–water partition coefficient (Wildman–Crippen LogP) is 2.71. The molecule has 0 saturated carbocycles. The lowest BCUT2D eigenvalue weighted by Crippen LogP contribution is -2.17. The van der Waals surface area contributed by atoms with Crippen LogP contribution in [0.2, 0.25) is 0 Å². The summed E-state index contributed by atoms with van der Waals surface area (Å²) in [4.78, 5) is 10.7. The minimum Gasteiger partial charge on any atom is -0.435 e. The summed E-state index contributed by atoms with van der Waals surface area (Å²) < 4.78 is 14.6. The topological polar surface area (TPSA) is 44.8 Å². The first-order chi connectivity index (χ1) is 6.74. The molecule has 0 N–H and O–H groups in total. The Morgan fingerprint density at radius 1 is 1.21 bits per heavy atom. The molecule has 0 aliphatic rings. The molecule has 14 heavy (non-hydrogen) atoms. The summed E-state index contributed by atoms with van der Waals surface area (Å²) in [6.45, 7) is 6.18. The Morgan fingerprint density at radius 2 is 1.93 bits per heavy atom. The molecule has 0 aliphatic carbocycles. The Balaban J connectivity index is 3.45. The van der Waals surface area contributed by atoms with E-state index in [1.165, 1.54) is 0 Å². The molecule has 0 saturated heterocycles. The molecule has 0 aromatic heterocycles. The van der Waals surface area contributed by atoms with E-state index in [2.05, 4.69) is 16.4 Å². The third kappa shape index (κ3) is 6.71. The summed E-state index contributed by atoms with van der Waals surface area (Å²) in [5.74, 6) is 0. The van der Waals surface area contributed by atoms with Crippen molar-refractivity contribution in [1.82, 2.24) is 0 Å². The number of ether oxygens (including phenoxy) is 3. The number of rotatable bonds is 7. The first-order valence-corrected chi connectivity index (χ1v) is 5.15. The highest BCUT2D eigenvalue weighted by atomic mass is 16.8. The molecule has 0 radical (unpaired) electrons. The maximum absolute atomic E-state index is 10.7. The van der Waals surface area contributed by atoms with Gasteiger partial charge in [-0.1, -0.05) is 20.3 Å². The van der Waals surface area contributed by atoms with Crippen LogP contribution in [0.3, 0.4) is 0 Å². The number of hydrogen-bond donors (Lipinski definition) is 0. The summed E-state index contributed by atoms with van der Waals surface area (Å²) >= 11 is 0. The van der Waals surface area contributed by atoms with Gasteiger partial charge in [-0.15, -0.1) is 0 Å². The molecule has 0 fully saturated rings. The first kappa shape index (κ1) is 13.2. The van der Waals surface area contributed by atoms with Gasteiger partial charge in [-0.3, -0.25) is 0 Å². The van der Waals surface area contributed by atoms with Crippen LogP contribution in [0, 0.1) is 0 Å². The third-order valence-corrected chi connectivity index (χ3v) is 1.81. The molecule has 0 aromatic rings. The fraction of sp³-hybridized carbons (Fsp3) is 0.900. The van der Waals surface area contributed by atoms with E-state index >= 15 is 0 Å². The molecule has 0 amide bonds. The average Bonchev–Trinajstić information content (AvgIpc) is 2.17. The molecule has 0 bridgehead atoms. The lowest BCUT2D eigenvalue weighted by molar-refractivity contribution is -0.0788. The van der Waals surface area contributed by atoms with Crippen LogP contribution in [-0.4, -0.2) is 25.7 Å². The van der Waals surface area contributed by atoms with Gasteiger partial charge in [0.05, 0.1) is 12.7 Å². The van der Waals surface area contributed by atoms with Crippen LogP contribution < -0.4 is 0 Å². The smallest absolute Gasteiger partial charge is 0.435 e. The van der Waals surface area contributed by atoms with Crippen LogP contribution in [0.1, 0.15) is 40.0 Å². The zero-order valence-electron chi connectivity index (χ0n) is 9.25. The van der Waals surface area contributed by atoms with Gasteiger partial charge in [-0.05, 0) is 19.8 Å². The summed E-state index contributed by atoms with van der Waals surface area (Å²) in [5, 5.41) is 0. The van der Waals surface area contributed by atoms with Crippen LogP contribution >= 0.6 is 0 Å². The van der Waals surface area contributed by atoms with Crippen LogP contribution in [-0.2, 0) is 14.2 Å². The van der Waals surface area contributed by atoms with Crippen LogP contribution in [0.15, 0.2) is 0 Å². The second kappa shape index (κ2) is 8.81. The van der Waals surface area contributed by atoms with Gasteiger partial charge >= 0.3 is 6.16 Å². The van der Waals surface area contributed by atoms with Gasteiger partial charge in [0.2, 0.25) is 0 Å². The maximum atomic E-state index is 10.7. The van der Waals surface area contributed by atoms with Gasteiger partial charge < -0.3 is 14.2 Å². The largest absolute Gasteiger partial charge is 0.510 e. The monoisotopic (exact) mass is 204 g/mol. The molecular weight excluding hydrogens is 184 g/mol. The van der Waals surface area contributed by atoms with Gasteiger partial charge in [-0.2, -0.15) is 0 Å². The van der Waals surface area contributed by atoms with E-state index in [0.29, 0.717) is 6.61 Å². The van der Waals surface area contributed by atoms with Crippen molar-refractivity contribution in [3.05, 3.63) is 0 Å². The zero-order valence-corrected chi connectivity index (χ0v) is 9.25. The molecular formula is C10H20O4. The third-order valence-electron chi connectivity index (χ3n) is 1.81.